The number of amides is 1. The van der Waals surface area contributed by atoms with Crippen LogP contribution in [0.15, 0.2) is 41.1 Å². The first-order valence-electron chi connectivity index (χ1n) is 5.02. The fraction of sp³-hybridized carbons (Fsp3) is 0. The van der Waals surface area contributed by atoms with Gasteiger partial charge in [0.05, 0.1) is 5.69 Å². The molecule has 0 atom stereocenters. The van der Waals surface area contributed by atoms with E-state index in [4.69, 9.17) is 0 Å². The Morgan fingerprint density at radius 1 is 1.17 bits per heavy atom. The number of carbonyl (C=O) groups is 1. The van der Waals surface area contributed by atoms with Crippen molar-refractivity contribution in [2.75, 3.05) is 5.32 Å². The molecule has 1 amide bonds. The summed E-state index contributed by atoms with van der Waals surface area (Å²) >= 11 is 3.18. The highest BCUT2D eigenvalue weighted by atomic mass is 79.9. The first-order valence-corrected chi connectivity index (χ1v) is 5.81. The summed E-state index contributed by atoms with van der Waals surface area (Å²) in [4.78, 5) is 15.9. The molecular weight excluding hydrogens is 300 g/mol. The Bertz CT molecular complexity index is 581. The molecule has 0 aliphatic rings. The number of hydrogen-bond acceptors (Lipinski definition) is 4. The van der Waals surface area contributed by atoms with E-state index in [-0.39, 0.29) is 17.1 Å². The summed E-state index contributed by atoms with van der Waals surface area (Å²) in [6, 6.07) is 7.40. The number of pyridine rings is 1. The van der Waals surface area contributed by atoms with Gasteiger partial charge in [0.15, 0.2) is 0 Å². The third-order valence-corrected chi connectivity index (χ3v) is 2.89. The highest BCUT2D eigenvalue weighted by molar-refractivity contribution is 9.10. The predicted molar refractivity (Wildman–Crippen MR) is 69.7 cm³/mol. The molecule has 3 N–H and O–H groups in total. The van der Waals surface area contributed by atoms with Crippen molar-refractivity contribution in [3.05, 3.63) is 46.7 Å². The molecule has 0 radical (unpaired) electrons. The number of rotatable bonds is 2. The van der Waals surface area contributed by atoms with Crippen LogP contribution in [0.1, 0.15) is 10.4 Å². The lowest BCUT2D eigenvalue weighted by atomic mass is 10.1. The van der Waals surface area contributed by atoms with Crippen molar-refractivity contribution >= 4 is 27.5 Å². The molecule has 0 aliphatic carbocycles. The maximum atomic E-state index is 11.9. The summed E-state index contributed by atoms with van der Waals surface area (Å²) in [6.07, 6.45) is 1.57. The van der Waals surface area contributed by atoms with E-state index in [9.17, 15) is 15.0 Å². The zero-order valence-electron chi connectivity index (χ0n) is 9.09. The second-order valence-electron chi connectivity index (χ2n) is 3.47. The minimum absolute atomic E-state index is 0.173. The maximum absolute atomic E-state index is 11.9. The SMILES string of the molecule is O=C(Nc1cccnc1Br)c1c(O)cccc1O. The van der Waals surface area contributed by atoms with Gasteiger partial charge in [-0.05, 0) is 40.2 Å². The van der Waals surface area contributed by atoms with Gasteiger partial charge in [-0.1, -0.05) is 6.07 Å². The van der Waals surface area contributed by atoms with E-state index in [0.717, 1.165) is 0 Å². The van der Waals surface area contributed by atoms with E-state index in [1.165, 1.54) is 18.2 Å². The second kappa shape index (κ2) is 5.05. The Balaban J connectivity index is 2.31. The standard InChI is InChI=1S/C12H9BrN2O3/c13-11-7(3-2-6-14-11)15-12(18)10-8(16)4-1-5-9(10)17/h1-6,16-17H,(H,15,18). The molecule has 0 spiro atoms. The minimum Gasteiger partial charge on any atom is -0.507 e. The second-order valence-corrected chi connectivity index (χ2v) is 4.22. The average molecular weight is 309 g/mol. The molecule has 5 nitrogen and oxygen atoms in total. The molecule has 2 aromatic rings. The van der Waals surface area contributed by atoms with Gasteiger partial charge in [0.1, 0.15) is 21.7 Å². The molecule has 0 fully saturated rings. The Labute approximate surface area is 111 Å². The van der Waals surface area contributed by atoms with Gasteiger partial charge in [0, 0.05) is 6.20 Å². The molecule has 0 bridgehead atoms. The smallest absolute Gasteiger partial charge is 0.263 e. The van der Waals surface area contributed by atoms with Crippen LogP contribution in [0.2, 0.25) is 0 Å². The molecule has 18 heavy (non-hydrogen) atoms. The van der Waals surface area contributed by atoms with Crippen molar-refractivity contribution in [3.8, 4) is 11.5 Å². The highest BCUT2D eigenvalue weighted by Gasteiger charge is 2.16. The number of hydrogen-bond donors (Lipinski definition) is 3. The highest BCUT2D eigenvalue weighted by Crippen LogP contribution is 2.28. The lowest BCUT2D eigenvalue weighted by Gasteiger charge is -2.09. The summed E-state index contributed by atoms with van der Waals surface area (Å²) in [7, 11) is 0. The van der Waals surface area contributed by atoms with E-state index in [1.807, 2.05) is 0 Å². The van der Waals surface area contributed by atoms with Crippen molar-refractivity contribution in [1.29, 1.82) is 0 Å². The van der Waals surface area contributed by atoms with Crippen LogP contribution in [-0.2, 0) is 0 Å². The summed E-state index contributed by atoms with van der Waals surface area (Å²) in [6.45, 7) is 0. The minimum atomic E-state index is -0.612. The van der Waals surface area contributed by atoms with Crippen LogP contribution in [0, 0.1) is 0 Å². The summed E-state index contributed by atoms with van der Waals surface area (Å²) in [5, 5.41) is 21.7. The molecule has 92 valence electrons. The topological polar surface area (TPSA) is 82.5 Å². The van der Waals surface area contributed by atoms with Gasteiger partial charge >= 0.3 is 0 Å². The third-order valence-electron chi connectivity index (χ3n) is 2.25. The molecule has 6 heteroatoms. The number of carbonyl (C=O) groups excluding carboxylic acids is 1. The van der Waals surface area contributed by atoms with E-state index in [0.29, 0.717) is 10.3 Å². The van der Waals surface area contributed by atoms with Gasteiger partial charge in [-0.2, -0.15) is 0 Å². The molecular formula is C12H9BrN2O3. The Morgan fingerprint density at radius 2 is 1.83 bits per heavy atom. The van der Waals surface area contributed by atoms with Crippen LogP contribution < -0.4 is 5.32 Å². The Kier molecular flexibility index (Phi) is 3.47. The normalized spacial score (nSPS) is 10.1. The van der Waals surface area contributed by atoms with Crippen LogP contribution in [0.4, 0.5) is 5.69 Å². The summed E-state index contributed by atoms with van der Waals surface area (Å²) < 4.78 is 0.466. The monoisotopic (exact) mass is 308 g/mol. The first-order chi connectivity index (χ1) is 8.59. The number of nitrogens with one attached hydrogen (secondary N) is 1. The van der Waals surface area contributed by atoms with Crippen molar-refractivity contribution in [1.82, 2.24) is 4.98 Å². The lowest BCUT2D eigenvalue weighted by molar-refractivity contribution is 0.102. The molecule has 1 aromatic carbocycles. The van der Waals surface area contributed by atoms with Crippen LogP contribution in [-0.4, -0.2) is 21.1 Å². The number of phenols is 2. The van der Waals surface area contributed by atoms with Crippen LogP contribution in [0.3, 0.4) is 0 Å². The van der Waals surface area contributed by atoms with Crippen molar-refractivity contribution in [3.63, 3.8) is 0 Å². The summed E-state index contributed by atoms with van der Waals surface area (Å²) in [5.41, 5.74) is 0.276. The van der Waals surface area contributed by atoms with Gasteiger partial charge in [-0.15, -0.1) is 0 Å². The molecule has 0 aliphatic heterocycles. The zero-order valence-corrected chi connectivity index (χ0v) is 10.7. The summed E-state index contributed by atoms with van der Waals surface area (Å²) in [5.74, 6) is -1.18. The van der Waals surface area contributed by atoms with Crippen molar-refractivity contribution in [2.24, 2.45) is 0 Å². The molecule has 1 heterocycles. The number of benzene rings is 1. The molecule has 0 saturated heterocycles. The number of nitrogens with zero attached hydrogens (tertiary/aromatic N) is 1. The van der Waals surface area contributed by atoms with Crippen LogP contribution in [0.5, 0.6) is 11.5 Å². The number of halogens is 1. The maximum Gasteiger partial charge on any atom is 0.263 e. The van der Waals surface area contributed by atoms with Gasteiger partial charge in [-0.3, -0.25) is 4.79 Å². The van der Waals surface area contributed by atoms with E-state index < -0.39 is 5.91 Å². The Hall–Kier alpha value is -2.08. The fourth-order valence-corrected chi connectivity index (χ4v) is 1.77. The number of aromatic hydroxyl groups is 2. The average Bonchev–Trinajstić information content (AvgIpc) is 2.32. The predicted octanol–water partition coefficient (Wildman–Crippen LogP) is 2.51. The number of anilines is 1. The molecule has 2 rings (SSSR count). The Morgan fingerprint density at radius 3 is 2.44 bits per heavy atom. The van der Waals surface area contributed by atoms with E-state index in [1.54, 1.807) is 18.3 Å². The molecule has 1 aromatic heterocycles. The van der Waals surface area contributed by atoms with Gasteiger partial charge in [0.2, 0.25) is 0 Å². The zero-order chi connectivity index (χ0) is 13.1. The largest absolute Gasteiger partial charge is 0.507 e. The van der Waals surface area contributed by atoms with Gasteiger partial charge in [0.25, 0.3) is 5.91 Å². The van der Waals surface area contributed by atoms with Crippen LogP contribution >= 0.6 is 15.9 Å². The number of aromatic nitrogens is 1. The molecule has 0 unspecified atom stereocenters. The van der Waals surface area contributed by atoms with Crippen molar-refractivity contribution in [2.45, 2.75) is 0 Å². The van der Waals surface area contributed by atoms with Crippen molar-refractivity contribution < 1.29 is 15.0 Å². The van der Waals surface area contributed by atoms with E-state index in [2.05, 4.69) is 26.2 Å². The van der Waals surface area contributed by atoms with Crippen LogP contribution in [0.25, 0.3) is 0 Å². The van der Waals surface area contributed by atoms with Gasteiger partial charge < -0.3 is 15.5 Å². The third kappa shape index (κ3) is 2.43. The van der Waals surface area contributed by atoms with E-state index >= 15 is 0 Å². The lowest BCUT2D eigenvalue weighted by Crippen LogP contribution is -2.13. The van der Waals surface area contributed by atoms with Gasteiger partial charge in [-0.25, -0.2) is 4.98 Å². The fourth-order valence-electron chi connectivity index (χ4n) is 1.43. The first kappa shape index (κ1) is 12.4. The quantitative estimate of drug-likeness (QED) is 0.744. The number of phenolic OH excluding ortho intramolecular Hbond substituents is 2. The molecule has 0 saturated carbocycles.